The molecule has 0 amide bonds. The molecule has 0 aliphatic heterocycles. The van der Waals surface area contributed by atoms with E-state index in [-0.39, 0.29) is 5.54 Å². The average molecular weight is 347 g/mol. The van der Waals surface area contributed by atoms with Crippen LogP contribution in [0.1, 0.15) is 39.0 Å². The van der Waals surface area contributed by atoms with Crippen molar-refractivity contribution in [1.29, 1.82) is 0 Å². The van der Waals surface area contributed by atoms with Gasteiger partial charge in [-0.2, -0.15) is 0 Å². The number of likely N-dealkylation sites (N-methyl/N-ethyl adjacent to an activating group) is 2. The van der Waals surface area contributed by atoms with E-state index in [2.05, 4.69) is 72.3 Å². The van der Waals surface area contributed by atoms with Crippen molar-refractivity contribution in [3.05, 3.63) is 20.8 Å². The van der Waals surface area contributed by atoms with Crippen molar-refractivity contribution in [3.63, 3.8) is 0 Å². The lowest BCUT2D eigenvalue weighted by molar-refractivity contribution is 0.0733. The molecule has 2 nitrogen and oxygen atoms in total. The highest BCUT2D eigenvalue weighted by Gasteiger charge is 2.36. The summed E-state index contributed by atoms with van der Waals surface area (Å²) >= 11 is 5.49. The summed E-state index contributed by atoms with van der Waals surface area (Å²) < 4.78 is 1.25. The molecule has 1 heterocycles. The Bertz CT molecular complexity index is 376. The van der Waals surface area contributed by atoms with Gasteiger partial charge >= 0.3 is 0 Å². The largest absolute Gasteiger partial charge is 0.315 e. The van der Waals surface area contributed by atoms with Gasteiger partial charge in [0.25, 0.3) is 0 Å². The second-order valence-electron chi connectivity index (χ2n) is 5.12. The summed E-state index contributed by atoms with van der Waals surface area (Å²) in [6.45, 7) is 11.4. The highest BCUT2D eigenvalue weighted by atomic mass is 79.9. The molecule has 1 N–H and O–H groups in total. The van der Waals surface area contributed by atoms with E-state index in [4.69, 9.17) is 0 Å². The Balaban J connectivity index is 2.95. The van der Waals surface area contributed by atoms with Gasteiger partial charge in [-0.3, -0.25) is 4.90 Å². The zero-order valence-corrected chi connectivity index (χ0v) is 15.2. The lowest BCUT2D eigenvalue weighted by Gasteiger charge is -2.45. The molecule has 2 atom stereocenters. The van der Waals surface area contributed by atoms with Gasteiger partial charge in [0.1, 0.15) is 0 Å². The topological polar surface area (TPSA) is 15.3 Å². The van der Waals surface area contributed by atoms with Gasteiger partial charge in [-0.05, 0) is 67.3 Å². The van der Waals surface area contributed by atoms with Gasteiger partial charge in [-0.1, -0.05) is 20.8 Å². The van der Waals surface area contributed by atoms with Gasteiger partial charge in [-0.25, -0.2) is 0 Å². The smallest absolute Gasteiger partial charge is 0.0334 e. The van der Waals surface area contributed by atoms with Gasteiger partial charge in [0.15, 0.2) is 0 Å². The van der Waals surface area contributed by atoms with Crippen LogP contribution in [0.5, 0.6) is 0 Å². The summed E-state index contributed by atoms with van der Waals surface area (Å²) in [5.74, 6) is 0. The van der Waals surface area contributed by atoms with Crippen molar-refractivity contribution in [1.82, 2.24) is 10.2 Å². The third-order valence-electron chi connectivity index (χ3n) is 4.38. The first kappa shape index (κ1) is 17.2. The molecule has 2 unspecified atom stereocenters. The van der Waals surface area contributed by atoms with Gasteiger partial charge in [0.05, 0.1) is 0 Å². The van der Waals surface area contributed by atoms with Crippen LogP contribution in [-0.4, -0.2) is 36.6 Å². The van der Waals surface area contributed by atoms with Gasteiger partial charge in [0, 0.05) is 20.9 Å². The molecule has 0 radical (unpaired) electrons. The zero-order valence-electron chi connectivity index (χ0n) is 12.8. The van der Waals surface area contributed by atoms with E-state index >= 15 is 0 Å². The van der Waals surface area contributed by atoms with Crippen molar-refractivity contribution >= 4 is 27.3 Å². The highest BCUT2D eigenvalue weighted by molar-refractivity contribution is 9.10. The Kier molecular flexibility index (Phi) is 7.01. The summed E-state index contributed by atoms with van der Waals surface area (Å²) in [4.78, 5) is 4.02. The minimum Gasteiger partial charge on any atom is -0.315 e. The predicted octanol–water partition coefficient (Wildman–Crippen LogP) is 4.15. The maximum Gasteiger partial charge on any atom is 0.0334 e. The number of halogens is 1. The van der Waals surface area contributed by atoms with Crippen LogP contribution in [0.3, 0.4) is 0 Å². The van der Waals surface area contributed by atoms with E-state index in [9.17, 15) is 0 Å². The molecule has 0 aliphatic carbocycles. The van der Waals surface area contributed by atoms with Gasteiger partial charge < -0.3 is 5.32 Å². The third-order valence-corrected chi connectivity index (χ3v) is 6.33. The molecule has 0 saturated carbocycles. The molecule has 1 rings (SSSR count). The third kappa shape index (κ3) is 3.81. The standard InChI is InChI=1S/C15H27BrN2S/c1-6-15(4,18(7-2)8-3)14(17-5)11-13-12(16)9-10-19-13/h9-10,14,17H,6-8,11H2,1-5H3. The minimum absolute atomic E-state index is 0.196. The number of nitrogens with one attached hydrogen (secondary N) is 1. The van der Waals surface area contributed by atoms with Crippen molar-refractivity contribution < 1.29 is 0 Å². The first-order chi connectivity index (χ1) is 9.03. The Morgan fingerprint density at radius 2 is 2.00 bits per heavy atom. The van der Waals surface area contributed by atoms with Crippen LogP contribution < -0.4 is 5.32 Å². The van der Waals surface area contributed by atoms with E-state index in [0.29, 0.717) is 6.04 Å². The van der Waals surface area contributed by atoms with Crippen LogP contribution in [0, 0.1) is 0 Å². The summed E-state index contributed by atoms with van der Waals surface area (Å²) in [6.07, 6.45) is 2.23. The number of thiophene rings is 1. The molecule has 1 aromatic rings. The zero-order chi connectivity index (χ0) is 14.5. The summed E-state index contributed by atoms with van der Waals surface area (Å²) in [5, 5.41) is 5.71. The van der Waals surface area contributed by atoms with Crippen LogP contribution in [0.4, 0.5) is 0 Å². The molecule has 0 spiro atoms. The molecule has 19 heavy (non-hydrogen) atoms. The predicted molar refractivity (Wildman–Crippen MR) is 90.2 cm³/mol. The van der Waals surface area contributed by atoms with E-state index in [1.54, 1.807) is 0 Å². The lowest BCUT2D eigenvalue weighted by Crippen LogP contribution is -2.59. The van der Waals surface area contributed by atoms with E-state index in [1.165, 1.54) is 9.35 Å². The second kappa shape index (κ2) is 7.77. The van der Waals surface area contributed by atoms with E-state index < -0.39 is 0 Å². The minimum atomic E-state index is 0.196. The second-order valence-corrected chi connectivity index (χ2v) is 6.98. The fourth-order valence-corrected chi connectivity index (χ4v) is 4.49. The summed E-state index contributed by atoms with van der Waals surface area (Å²) in [6, 6.07) is 2.61. The molecular weight excluding hydrogens is 320 g/mol. The van der Waals surface area contributed by atoms with Gasteiger partial charge in [-0.15, -0.1) is 11.3 Å². The molecule has 0 aliphatic rings. The molecule has 0 aromatic carbocycles. The Morgan fingerprint density at radius 3 is 2.37 bits per heavy atom. The number of rotatable bonds is 8. The van der Waals surface area contributed by atoms with Crippen LogP contribution in [0.15, 0.2) is 15.9 Å². The average Bonchev–Trinajstić information content (AvgIpc) is 2.82. The van der Waals surface area contributed by atoms with E-state index in [1.807, 2.05) is 11.3 Å². The SMILES string of the molecule is CCN(CC)C(C)(CC)C(Cc1sccc1Br)NC. The van der Waals surface area contributed by atoms with Crippen LogP contribution in [0.25, 0.3) is 0 Å². The molecule has 0 fully saturated rings. The molecule has 110 valence electrons. The Labute approximate surface area is 130 Å². The van der Waals surface area contributed by atoms with Crippen LogP contribution in [-0.2, 0) is 6.42 Å². The molecule has 0 bridgehead atoms. The first-order valence-electron chi connectivity index (χ1n) is 7.17. The number of hydrogen-bond donors (Lipinski definition) is 1. The quantitative estimate of drug-likeness (QED) is 0.760. The fraction of sp³-hybridized carbons (Fsp3) is 0.733. The van der Waals surface area contributed by atoms with Crippen LogP contribution >= 0.6 is 27.3 Å². The fourth-order valence-electron chi connectivity index (χ4n) is 2.93. The number of hydrogen-bond acceptors (Lipinski definition) is 3. The Hall–Kier alpha value is 0.1000. The summed E-state index contributed by atoms with van der Waals surface area (Å²) in [7, 11) is 2.09. The van der Waals surface area contributed by atoms with Crippen molar-refractivity contribution in [2.24, 2.45) is 0 Å². The maximum absolute atomic E-state index is 3.65. The number of nitrogens with zero attached hydrogens (tertiary/aromatic N) is 1. The highest BCUT2D eigenvalue weighted by Crippen LogP contribution is 2.30. The van der Waals surface area contributed by atoms with Gasteiger partial charge in [0.2, 0.25) is 0 Å². The van der Waals surface area contributed by atoms with Crippen molar-refractivity contribution in [3.8, 4) is 0 Å². The maximum atomic E-state index is 3.65. The molecule has 1 aromatic heterocycles. The van der Waals surface area contributed by atoms with Crippen molar-refractivity contribution in [2.45, 2.75) is 52.1 Å². The summed E-state index contributed by atoms with van der Waals surface area (Å²) in [5.41, 5.74) is 0.196. The Morgan fingerprint density at radius 1 is 1.37 bits per heavy atom. The monoisotopic (exact) mass is 346 g/mol. The van der Waals surface area contributed by atoms with Crippen LogP contribution in [0.2, 0.25) is 0 Å². The first-order valence-corrected chi connectivity index (χ1v) is 8.84. The molecule has 4 heteroatoms. The molecular formula is C15H27BrN2S. The van der Waals surface area contributed by atoms with E-state index in [0.717, 1.165) is 25.9 Å². The normalized spacial score (nSPS) is 16.6. The molecule has 0 saturated heterocycles. The lowest BCUT2D eigenvalue weighted by atomic mass is 9.84. The van der Waals surface area contributed by atoms with Crippen molar-refractivity contribution in [2.75, 3.05) is 20.1 Å².